The van der Waals surface area contributed by atoms with E-state index < -0.39 is 11.7 Å². The molecule has 4 N–H and O–H groups in total. The first kappa shape index (κ1) is 13.1. The third kappa shape index (κ3) is 2.09. The first-order chi connectivity index (χ1) is 9.90. The molecule has 106 valence electrons. The topological polar surface area (TPSA) is 104 Å². The second-order valence-corrected chi connectivity index (χ2v) is 5.41. The number of carbonyl (C=O) groups excluding carboxylic acids is 1. The largest absolute Gasteiger partial charge is 0.438 e. The van der Waals surface area contributed by atoms with Crippen LogP contribution in [0.3, 0.4) is 0 Å². The summed E-state index contributed by atoms with van der Waals surface area (Å²) in [6.45, 7) is 3.66. The van der Waals surface area contributed by atoms with Crippen LogP contribution in [-0.4, -0.2) is 11.1 Å². The fraction of sp³-hybridized carbons (Fsp3) is 0.200. The van der Waals surface area contributed by atoms with E-state index in [-0.39, 0.29) is 0 Å². The molecule has 1 aliphatic rings. The minimum atomic E-state index is -0.718. The van der Waals surface area contributed by atoms with Gasteiger partial charge in [-0.15, -0.1) is 0 Å². The molecule has 0 saturated carbocycles. The van der Waals surface area contributed by atoms with Gasteiger partial charge in [-0.25, -0.2) is 4.79 Å². The summed E-state index contributed by atoms with van der Waals surface area (Å²) in [5, 5.41) is 11.6. The maximum Gasteiger partial charge on any atom is 0.412 e. The number of hydrogen-bond acceptors (Lipinski definition) is 4. The van der Waals surface area contributed by atoms with Crippen molar-refractivity contribution < 1.29 is 9.53 Å². The van der Waals surface area contributed by atoms with Crippen LogP contribution in [0.1, 0.15) is 25.1 Å². The summed E-state index contributed by atoms with van der Waals surface area (Å²) in [5.41, 5.74) is 9.00. The lowest BCUT2D eigenvalue weighted by Gasteiger charge is -2.32. The SMILES string of the molecule is CC1(C)OC(=O)Nc2ccc(-c3cc(N)c(C#N)[nH]3)cc21. The molecule has 1 aliphatic heterocycles. The van der Waals surface area contributed by atoms with Crippen molar-refractivity contribution in [1.29, 1.82) is 5.26 Å². The van der Waals surface area contributed by atoms with Gasteiger partial charge < -0.3 is 15.5 Å². The molecule has 0 radical (unpaired) electrons. The number of anilines is 2. The number of nitrogen functional groups attached to an aromatic ring is 1. The number of nitrogens with two attached hydrogens (primary N) is 1. The van der Waals surface area contributed by atoms with Crippen molar-refractivity contribution in [3.63, 3.8) is 0 Å². The van der Waals surface area contributed by atoms with Crippen molar-refractivity contribution in [3.05, 3.63) is 35.5 Å². The summed E-state index contributed by atoms with van der Waals surface area (Å²) in [7, 11) is 0. The van der Waals surface area contributed by atoms with Crippen LogP contribution < -0.4 is 11.1 Å². The predicted molar refractivity (Wildman–Crippen MR) is 78.5 cm³/mol. The van der Waals surface area contributed by atoms with Crippen molar-refractivity contribution in [3.8, 4) is 17.3 Å². The smallest absolute Gasteiger partial charge is 0.412 e. The molecule has 1 aromatic carbocycles. The molecule has 0 saturated heterocycles. The highest BCUT2D eigenvalue weighted by Gasteiger charge is 2.33. The summed E-state index contributed by atoms with van der Waals surface area (Å²) in [6.07, 6.45) is -0.462. The Morgan fingerprint density at radius 2 is 2.10 bits per heavy atom. The number of ether oxygens (including phenoxy) is 1. The molecule has 0 aliphatic carbocycles. The predicted octanol–water partition coefficient (Wildman–Crippen LogP) is 2.93. The summed E-state index contributed by atoms with van der Waals surface area (Å²) < 4.78 is 5.30. The Morgan fingerprint density at radius 3 is 2.76 bits per heavy atom. The maximum absolute atomic E-state index is 11.5. The molecule has 0 atom stereocenters. The minimum absolute atomic E-state index is 0.339. The highest BCUT2D eigenvalue weighted by atomic mass is 16.6. The lowest BCUT2D eigenvalue weighted by molar-refractivity contribution is 0.0421. The first-order valence-corrected chi connectivity index (χ1v) is 6.44. The van der Waals surface area contributed by atoms with E-state index in [2.05, 4.69) is 10.3 Å². The zero-order valence-electron chi connectivity index (χ0n) is 11.7. The van der Waals surface area contributed by atoms with Crippen LogP contribution in [0.5, 0.6) is 0 Å². The van der Waals surface area contributed by atoms with Gasteiger partial charge in [0.05, 0.1) is 11.4 Å². The van der Waals surface area contributed by atoms with Gasteiger partial charge in [-0.1, -0.05) is 6.07 Å². The average Bonchev–Trinajstić information content (AvgIpc) is 2.78. The van der Waals surface area contributed by atoms with E-state index in [0.717, 1.165) is 22.5 Å². The second kappa shape index (κ2) is 4.28. The van der Waals surface area contributed by atoms with E-state index in [1.807, 2.05) is 38.1 Å². The summed E-state index contributed by atoms with van der Waals surface area (Å²) in [6, 6.07) is 9.31. The van der Waals surface area contributed by atoms with Crippen molar-refractivity contribution >= 4 is 17.5 Å². The van der Waals surface area contributed by atoms with E-state index in [9.17, 15) is 4.79 Å². The van der Waals surface area contributed by atoms with Crippen LogP contribution >= 0.6 is 0 Å². The lowest BCUT2D eigenvalue weighted by atomic mass is 9.92. The molecule has 1 aromatic heterocycles. The van der Waals surface area contributed by atoms with Crippen LogP contribution in [0.2, 0.25) is 0 Å². The number of aromatic amines is 1. The molecule has 0 bridgehead atoms. The average molecular weight is 282 g/mol. The first-order valence-electron chi connectivity index (χ1n) is 6.44. The van der Waals surface area contributed by atoms with Gasteiger partial charge in [0, 0.05) is 11.3 Å². The number of cyclic esters (lactones) is 1. The van der Waals surface area contributed by atoms with Crippen LogP contribution in [0, 0.1) is 11.3 Å². The van der Waals surface area contributed by atoms with Crippen molar-refractivity contribution in [2.24, 2.45) is 0 Å². The molecule has 6 nitrogen and oxygen atoms in total. The zero-order chi connectivity index (χ0) is 15.2. The van der Waals surface area contributed by atoms with E-state index in [1.54, 1.807) is 6.07 Å². The highest BCUT2D eigenvalue weighted by Crippen LogP contribution is 2.38. The van der Waals surface area contributed by atoms with E-state index in [1.165, 1.54) is 0 Å². The quantitative estimate of drug-likeness (QED) is 0.747. The standard InChI is InChI=1S/C15H14N4O2/c1-15(2)9-5-8(3-4-11(9)19-14(20)21-15)12-6-10(17)13(7-16)18-12/h3-6,18H,17H2,1-2H3,(H,19,20). The number of H-pyrrole nitrogens is 1. The fourth-order valence-electron chi connectivity index (χ4n) is 2.46. The van der Waals surface area contributed by atoms with Gasteiger partial charge in [0.25, 0.3) is 0 Å². The molecule has 21 heavy (non-hydrogen) atoms. The molecule has 1 amide bonds. The number of amides is 1. The Labute approximate surface area is 121 Å². The third-order valence-electron chi connectivity index (χ3n) is 3.52. The van der Waals surface area contributed by atoms with E-state index in [4.69, 9.17) is 15.7 Å². The summed E-state index contributed by atoms with van der Waals surface area (Å²) in [4.78, 5) is 14.5. The third-order valence-corrected chi connectivity index (χ3v) is 3.52. The number of hydrogen-bond donors (Lipinski definition) is 3. The Bertz CT molecular complexity index is 783. The Kier molecular flexibility index (Phi) is 2.66. The number of benzene rings is 1. The Hall–Kier alpha value is -2.94. The van der Waals surface area contributed by atoms with Gasteiger partial charge >= 0.3 is 6.09 Å². The highest BCUT2D eigenvalue weighted by molar-refractivity contribution is 5.89. The normalized spacial score (nSPS) is 15.6. The van der Waals surface area contributed by atoms with E-state index in [0.29, 0.717) is 11.4 Å². The fourth-order valence-corrected chi connectivity index (χ4v) is 2.46. The second-order valence-electron chi connectivity index (χ2n) is 5.41. The lowest BCUT2D eigenvalue weighted by Crippen LogP contribution is -2.34. The van der Waals surface area contributed by atoms with Gasteiger partial charge in [0.1, 0.15) is 17.4 Å². The zero-order valence-corrected chi connectivity index (χ0v) is 11.7. The molecule has 0 unspecified atom stereocenters. The minimum Gasteiger partial charge on any atom is -0.438 e. The van der Waals surface area contributed by atoms with Gasteiger partial charge in [-0.05, 0) is 37.6 Å². The molecular weight excluding hydrogens is 268 g/mol. The molecule has 6 heteroatoms. The molecule has 0 fully saturated rings. The van der Waals surface area contributed by atoms with Crippen LogP contribution in [0.4, 0.5) is 16.2 Å². The van der Waals surface area contributed by atoms with Gasteiger partial charge in [-0.3, -0.25) is 5.32 Å². The summed E-state index contributed by atoms with van der Waals surface area (Å²) in [5.74, 6) is 0. The number of rotatable bonds is 1. The number of nitrogens with one attached hydrogen (secondary N) is 2. The van der Waals surface area contributed by atoms with Crippen LogP contribution in [0.25, 0.3) is 11.3 Å². The number of nitrogens with zero attached hydrogens (tertiary/aromatic N) is 1. The number of aromatic nitrogens is 1. The molecule has 2 aromatic rings. The van der Waals surface area contributed by atoms with Crippen molar-refractivity contribution in [2.75, 3.05) is 11.1 Å². The monoisotopic (exact) mass is 282 g/mol. The van der Waals surface area contributed by atoms with Crippen molar-refractivity contribution in [2.45, 2.75) is 19.4 Å². The van der Waals surface area contributed by atoms with Crippen molar-refractivity contribution in [1.82, 2.24) is 4.98 Å². The number of nitriles is 1. The Morgan fingerprint density at radius 1 is 1.33 bits per heavy atom. The van der Waals surface area contributed by atoms with Gasteiger partial charge in [-0.2, -0.15) is 5.26 Å². The van der Waals surface area contributed by atoms with E-state index >= 15 is 0 Å². The molecular formula is C15H14N4O2. The molecule has 3 rings (SSSR count). The van der Waals surface area contributed by atoms with Gasteiger partial charge in [0.15, 0.2) is 0 Å². The van der Waals surface area contributed by atoms with Crippen LogP contribution in [0.15, 0.2) is 24.3 Å². The Balaban J connectivity index is 2.11. The maximum atomic E-state index is 11.5. The molecule has 2 heterocycles. The molecule has 0 spiro atoms. The van der Waals surface area contributed by atoms with Crippen LogP contribution in [-0.2, 0) is 10.3 Å². The number of fused-ring (bicyclic) bond motifs is 1. The van der Waals surface area contributed by atoms with Gasteiger partial charge in [0.2, 0.25) is 0 Å². The number of carbonyl (C=O) groups is 1. The summed E-state index contributed by atoms with van der Waals surface area (Å²) >= 11 is 0.